The Morgan fingerprint density at radius 1 is 1.30 bits per heavy atom. The number of carbonyl (C=O) groups is 1. The third kappa shape index (κ3) is 3.40. The Bertz CT molecular complexity index is 1020. The van der Waals surface area contributed by atoms with Crippen molar-refractivity contribution in [3.63, 3.8) is 0 Å². The van der Waals surface area contributed by atoms with Crippen LogP contribution in [0.25, 0.3) is 11.0 Å². The fourth-order valence-corrected chi connectivity index (χ4v) is 3.69. The molecule has 3 aromatic rings. The van der Waals surface area contributed by atoms with E-state index in [9.17, 15) is 4.79 Å². The molecule has 8 nitrogen and oxygen atoms in total. The van der Waals surface area contributed by atoms with Crippen molar-refractivity contribution in [3.8, 4) is 0 Å². The first-order valence-electron chi connectivity index (χ1n) is 8.77. The van der Waals surface area contributed by atoms with Crippen molar-refractivity contribution >= 4 is 44.5 Å². The van der Waals surface area contributed by atoms with E-state index in [4.69, 9.17) is 4.98 Å². The van der Waals surface area contributed by atoms with Crippen molar-refractivity contribution in [1.82, 2.24) is 25.1 Å². The molecule has 0 fully saturated rings. The van der Waals surface area contributed by atoms with E-state index in [1.807, 2.05) is 38.5 Å². The fourth-order valence-electron chi connectivity index (χ4n) is 3.31. The number of nitrogens with one attached hydrogen (secondary N) is 3. The van der Waals surface area contributed by atoms with Gasteiger partial charge in [-0.1, -0.05) is 15.9 Å². The van der Waals surface area contributed by atoms with Gasteiger partial charge in [-0.2, -0.15) is 10.1 Å². The van der Waals surface area contributed by atoms with E-state index in [2.05, 4.69) is 42.0 Å². The topological polar surface area (TPSA) is 96.8 Å². The first kappa shape index (κ1) is 17.9. The zero-order valence-electron chi connectivity index (χ0n) is 15.1. The van der Waals surface area contributed by atoms with E-state index in [-0.39, 0.29) is 5.91 Å². The quantitative estimate of drug-likeness (QED) is 0.519. The summed E-state index contributed by atoms with van der Waals surface area (Å²) in [5.41, 5.74) is 2.96. The Labute approximate surface area is 164 Å². The van der Waals surface area contributed by atoms with E-state index >= 15 is 0 Å². The maximum atomic E-state index is 12.8. The maximum absolute atomic E-state index is 12.8. The molecule has 0 saturated carbocycles. The number of anilines is 2. The number of nitrogens with zero attached hydrogens (tertiary/aromatic N) is 4. The summed E-state index contributed by atoms with van der Waals surface area (Å²) < 4.78 is 2.62. The van der Waals surface area contributed by atoms with Gasteiger partial charge in [0.2, 0.25) is 11.9 Å². The minimum absolute atomic E-state index is 0.0897. The summed E-state index contributed by atoms with van der Waals surface area (Å²) in [4.78, 5) is 22.0. The van der Waals surface area contributed by atoms with Crippen molar-refractivity contribution in [2.24, 2.45) is 7.05 Å². The van der Waals surface area contributed by atoms with Crippen molar-refractivity contribution in [3.05, 3.63) is 40.1 Å². The number of hydrogen-bond acceptors (Lipinski definition) is 6. The minimum atomic E-state index is -0.495. The van der Waals surface area contributed by atoms with Crippen LogP contribution < -0.4 is 16.0 Å². The Morgan fingerprint density at radius 2 is 2.15 bits per heavy atom. The lowest BCUT2D eigenvalue weighted by Gasteiger charge is -2.12. The monoisotopic (exact) mass is 429 g/mol. The molecule has 0 radical (unpaired) electrons. The van der Waals surface area contributed by atoms with Crippen LogP contribution in [0.5, 0.6) is 0 Å². The van der Waals surface area contributed by atoms with Crippen molar-refractivity contribution < 1.29 is 4.79 Å². The molecule has 1 unspecified atom stereocenters. The number of fused-ring (bicyclic) bond motifs is 2. The first-order valence-corrected chi connectivity index (χ1v) is 9.56. The second-order valence-electron chi connectivity index (χ2n) is 6.51. The van der Waals surface area contributed by atoms with Crippen LogP contribution in [0.1, 0.15) is 23.6 Å². The summed E-state index contributed by atoms with van der Waals surface area (Å²) in [7, 11) is 3.76. The molecular weight excluding hydrogens is 410 g/mol. The molecule has 3 heterocycles. The highest BCUT2D eigenvalue weighted by Crippen LogP contribution is 2.40. The number of aromatic nitrogens is 4. The van der Waals surface area contributed by atoms with Crippen LogP contribution in [0.2, 0.25) is 0 Å². The molecule has 9 heteroatoms. The predicted molar refractivity (Wildman–Crippen MR) is 108 cm³/mol. The van der Waals surface area contributed by atoms with E-state index in [0.717, 1.165) is 40.6 Å². The smallest absolute Gasteiger partial charge is 0.238 e. The van der Waals surface area contributed by atoms with Gasteiger partial charge in [0, 0.05) is 29.9 Å². The summed E-state index contributed by atoms with van der Waals surface area (Å²) in [5.74, 6) is -0.0957. The lowest BCUT2D eigenvalue weighted by molar-refractivity contribution is -0.116. The SMILES string of the molecule is CNCCCNc1nc(C2C(=O)Nc3ccc(Br)cc32)c2cn(C)nc2n1. The van der Waals surface area contributed by atoms with Crippen molar-refractivity contribution in [2.75, 3.05) is 30.8 Å². The van der Waals surface area contributed by atoms with Crippen LogP contribution in [-0.4, -0.2) is 45.8 Å². The number of hydrogen-bond donors (Lipinski definition) is 3. The third-order valence-electron chi connectivity index (χ3n) is 4.53. The Morgan fingerprint density at radius 3 is 2.96 bits per heavy atom. The van der Waals surface area contributed by atoms with Gasteiger partial charge >= 0.3 is 0 Å². The Hall–Kier alpha value is -2.52. The van der Waals surface area contributed by atoms with Crippen molar-refractivity contribution in [1.29, 1.82) is 0 Å². The van der Waals surface area contributed by atoms with Gasteiger partial charge < -0.3 is 16.0 Å². The molecule has 1 aromatic carbocycles. The first-order chi connectivity index (χ1) is 13.1. The molecule has 1 atom stereocenters. The molecule has 0 saturated heterocycles. The highest BCUT2D eigenvalue weighted by Gasteiger charge is 2.35. The molecule has 0 spiro atoms. The largest absolute Gasteiger partial charge is 0.354 e. The third-order valence-corrected chi connectivity index (χ3v) is 5.02. The minimum Gasteiger partial charge on any atom is -0.354 e. The molecular formula is C18H20BrN7O. The zero-order chi connectivity index (χ0) is 19.0. The van der Waals surface area contributed by atoms with Gasteiger partial charge in [-0.25, -0.2) is 4.98 Å². The molecule has 1 amide bonds. The van der Waals surface area contributed by atoms with Crippen LogP contribution in [-0.2, 0) is 11.8 Å². The lowest BCUT2D eigenvalue weighted by atomic mass is 9.95. The second kappa shape index (κ2) is 7.24. The standard InChI is InChI=1S/C18H20BrN7O/c1-20-6-3-7-21-18-23-15(12-9-26(2)25-16(12)24-18)14-11-8-10(19)4-5-13(11)22-17(14)27/h4-5,8-9,14,20H,3,6-7H2,1-2H3,(H,22,27)(H,21,24,25). The van der Waals surface area contributed by atoms with Crippen LogP contribution in [0.3, 0.4) is 0 Å². The molecule has 0 bridgehead atoms. The molecule has 3 N–H and O–H groups in total. The average Bonchev–Trinajstić information content (AvgIpc) is 3.16. The van der Waals surface area contributed by atoms with Gasteiger partial charge in [0.25, 0.3) is 0 Å². The van der Waals surface area contributed by atoms with Gasteiger partial charge in [-0.05, 0) is 43.8 Å². The van der Waals surface area contributed by atoms with Gasteiger partial charge in [0.05, 0.1) is 11.1 Å². The molecule has 2 aromatic heterocycles. The van der Waals surface area contributed by atoms with E-state index in [1.165, 1.54) is 0 Å². The molecule has 1 aliphatic rings. The lowest BCUT2D eigenvalue weighted by Crippen LogP contribution is -2.17. The average molecular weight is 430 g/mol. The van der Waals surface area contributed by atoms with E-state index in [1.54, 1.807) is 4.68 Å². The van der Waals surface area contributed by atoms with E-state index < -0.39 is 5.92 Å². The highest BCUT2D eigenvalue weighted by atomic mass is 79.9. The highest BCUT2D eigenvalue weighted by molar-refractivity contribution is 9.10. The van der Waals surface area contributed by atoms with Crippen molar-refractivity contribution in [2.45, 2.75) is 12.3 Å². The number of rotatable bonds is 6. The number of benzene rings is 1. The van der Waals surface area contributed by atoms with Gasteiger partial charge in [0.1, 0.15) is 5.92 Å². The van der Waals surface area contributed by atoms with Crippen LogP contribution in [0.4, 0.5) is 11.6 Å². The molecule has 140 valence electrons. The number of carbonyl (C=O) groups excluding carboxylic acids is 1. The summed E-state index contributed by atoms with van der Waals surface area (Å²) in [6.07, 6.45) is 2.80. The molecule has 4 rings (SSSR count). The number of aryl methyl sites for hydroxylation is 1. The Balaban J connectivity index is 1.78. The summed E-state index contributed by atoms with van der Waals surface area (Å²) in [5, 5.41) is 14.5. The zero-order valence-corrected chi connectivity index (χ0v) is 16.7. The normalized spacial score (nSPS) is 15.8. The molecule has 27 heavy (non-hydrogen) atoms. The van der Waals surface area contributed by atoms with Crippen LogP contribution in [0, 0.1) is 0 Å². The Kier molecular flexibility index (Phi) is 4.79. The summed E-state index contributed by atoms with van der Waals surface area (Å²) >= 11 is 3.50. The summed E-state index contributed by atoms with van der Waals surface area (Å²) in [6, 6.07) is 5.77. The van der Waals surface area contributed by atoms with Crippen LogP contribution in [0.15, 0.2) is 28.9 Å². The molecule has 0 aliphatic carbocycles. The summed E-state index contributed by atoms with van der Waals surface area (Å²) in [6.45, 7) is 1.63. The van der Waals surface area contributed by atoms with Gasteiger partial charge in [-0.15, -0.1) is 0 Å². The number of halogens is 1. The van der Waals surface area contributed by atoms with Gasteiger partial charge in [0.15, 0.2) is 5.65 Å². The molecule has 1 aliphatic heterocycles. The van der Waals surface area contributed by atoms with Gasteiger partial charge in [-0.3, -0.25) is 9.48 Å². The predicted octanol–water partition coefficient (Wildman–Crippen LogP) is 2.23. The van der Waals surface area contributed by atoms with Crippen LogP contribution >= 0.6 is 15.9 Å². The van der Waals surface area contributed by atoms with E-state index in [0.29, 0.717) is 17.3 Å². The second-order valence-corrected chi connectivity index (χ2v) is 7.43. The fraction of sp³-hybridized carbons (Fsp3) is 0.333. The number of amides is 1. The maximum Gasteiger partial charge on any atom is 0.238 e.